The van der Waals surface area contributed by atoms with Gasteiger partial charge in [-0.1, -0.05) is 57.5 Å². The summed E-state index contributed by atoms with van der Waals surface area (Å²) in [7, 11) is 0. The molecule has 21 heteroatoms. The number of carboxylic acid groups (broad SMARTS) is 1. The number of aliphatic imine (C=N–C) groups is 2. The third kappa shape index (κ3) is 25.8. The number of aliphatic carboxylic acids is 1. The van der Waals surface area contributed by atoms with Crippen LogP contribution in [0.15, 0.2) is 40.3 Å². The molecule has 376 valence electrons. The summed E-state index contributed by atoms with van der Waals surface area (Å²) < 4.78 is 0. The van der Waals surface area contributed by atoms with E-state index in [1.165, 1.54) is 18.7 Å². The molecule has 67 heavy (non-hydrogen) atoms. The van der Waals surface area contributed by atoms with Crippen LogP contribution in [0, 0.1) is 29.6 Å². The highest BCUT2D eigenvalue weighted by Gasteiger charge is 2.34. The largest absolute Gasteiger partial charge is 0.481 e. The van der Waals surface area contributed by atoms with Gasteiger partial charge < -0.3 is 55.5 Å². The van der Waals surface area contributed by atoms with E-state index in [-0.39, 0.29) is 107 Å². The third-order valence-corrected chi connectivity index (χ3v) is 11.8. The van der Waals surface area contributed by atoms with Gasteiger partial charge in [-0.05, 0) is 87.8 Å². The molecule has 1 aromatic rings. The Morgan fingerprint density at radius 1 is 0.612 bits per heavy atom. The van der Waals surface area contributed by atoms with Crippen molar-refractivity contribution in [1.29, 1.82) is 0 Å². The highest BCUT2D eigenvalue weighted by molar-refractivity contribution is 7.98. The molecule has 0 fully saturated rings. The van der Waals surface area contributed by atoms with E-state index in [1.807, 2.05) is 50.4 Å². The quantitative estimate of drug-likeness (QED) is 0.0253. The molecule has 4 amide bonds. The fourth-order valence-electron chi connectivity index (χ4n) is 7.47. The number of amides is 4. The zero-order chi connectivity index (χ0) is 50.5. The van der Waals surface area contributed by atoms with Crippen LogP contribution in [0.1, 0.15) is 110 Å². The van der Waals surface area contributed by atoms with Gasteiger partial charge in [-0.2, -0.15) is 11.8 Å². The number of rotatable bonds is 37. The van der Waals surface area contributed by atoms with Gasteiger partial charge in [0, 0.05) is 56.0 Å². The Hall–Kier alpha value is -5.57. The Labute approximate surface area is 399 Å². The lowest BCUT2D eigenvalue weighted by Crippen LogP contribution is -2.48. The highest BCUT2D eigenvalue weighted by Crippen LogP contribution is 2.22. The van der Waals surface area contributed by atoms with E-state index < -0.39 is 89.4 Å². The van der Waals surface area contributed by atoms with Gasteiger partial charge >= 0.3 is 5.97 Å². The molecule has 20 nitrogen and oxygen atoms in total. The summed E-state index contributed by atoms with van der Waals surface area (Å²) in [6, 6.07) is 5.97. The lowest BCUT2D eigenvalue weighted by molar-refractivity contribution is -0.141. The van der Waals surface area contributed by atoms with Crippen molar-refractivity contribution in [1.82, 2.24) is 16.0 Å². The number of Topliss-reactive ketones (excluding diaryl/α,β-unsaturated/α-hetero) is 3. The number of nitrogens with one attached hydrogen (secondary N) is 3. The number of thioether (sulfide) groups is 1. The molecule has 7 atom stereocenters. The maximum atomic E-state index is 14.4. The molecular formula is C46H77N11O9S. The Morgan fingerprint density at radius 3 is 1.55 bits per heavy atom. The van der Waals surface area contributed by atoms with Crippen LogP contribution in [-0.4, -0.2) is 114 Å². The van der Waals surface area contributed by atoms with Crippen LogP contribution in [0.2, 0.25) is 0 Å². The predicted molar refractivity (Wildman–Crippen MR) is 261 cm³/mol. The number of carboxylic acids is 1. The normalized spacial score (nSPS) is 14.2. The Bertz CT molecular complexity index is 1810. The Balaban J connectivity index is 3.48. The third-order valence-electron chi connectivity index (χ3n) is 11.1. The Kier molecular flexibility index (Phi) is 29.3. The van der Waals surface area contributed by atoms with E-state index >= 15 is 0 Å². The topological polar surface area (TPSA) is 374 Å². The summed E-state index contributed by atoms with van der Waals surface area (Å²) in [4.78, 5) is 115. The van der Waals surface area contributed by atoms with Crippen LogP contribution < -0.4 is 50.4 Å². The molecule has 0 unspecified atom stereocenters. The van der Waals surface area contributed by atoms with Gasteiger partial charge in [-0.3, -0.25) is 48.3 Å². The van der Waals surface area contributed by atoms with Crippen LogP contribution in [-0.2, 0) is 44.8 Å². The van der Waals surface area contributed by atoms with Gasteiger partial charge in [-0.25, -0.2) is 0 Å². The lowest BCUT2D eigenvalue weighted by atomic mass is 9.87. The molecule has 0 aliphatic rings. The Morgan fingerprint density at radius 2 is 1.09 bits per heavy atom. The fraction of sp³-hybridized carbons (Fsp3) is 0.652. The zero-order valence-electron chi connectivity index (χ0n) is 39.7. The maximum Gasteiger partial charge on any atom is 0.304 e. The second-order valence-corrected chi connectivity index (χ2v) is 18.5. The SMILES string of the molecule is CSCC[C@H](NC(=O)[C@H](CCCCN)CC(=O)[C@H](CCCN=C(N)N)NC(=O)[C@@H](CC(=O)[C@H](CCCN=C(N)N)NC(=O)[C@@H](C)CC(=O)O)CC(C)C)C(=O)C[C@@H](Cc1ccccc1)C(N)=O. The second-order valence-electron chi connectivity index (χ2n) is 17.5. The van der Waals surface area contributed by atoms with Gasteiger partial charge in [0.2, 0.25) is 23.6 Å². The number of hydrogen-bond donors (Lipinski definition) is 10. The minimum absolute atomic E-state index is 0.0799. The number of primary amides is 1. The smallest absolute Gasteiger partial charge is 0.304 e. The van der Waals surface area contributed by atoms with Crippen molar-refractivity contribution in [3.05, 3.63) is 35.9 Å². The maximum absolute atomic E-state index is 14.4. The van der Waals surface area contributed by atoms with Crippen molar-refractivity contribution in [2.24, 2.45) is 74.0 Å². The summed E-state index contributed by atoms with van der Waals surface area (Å²) in [5.41, 5.74) is 34.3. The first-order valence-corrected chi connectivity index (χ1v) is 24.4. The molecule has 0 saturated heterocycles. The van der Waals surface area contributed by atoms with E-state index in [0.29, 0.717) is 25.1 Å². The van der Waals surface area contributed by atoms with Gasteiger partial charge in [0.1, 0.15) is 0 Å². The molecule has 0 aliphatic heterocycles. The number of nitrogens with two attached hydrogens (primary N) is 6. The van der Waals surface area contributed by atoms with E-state index in [0.717, 1.165) is 5.56 Å². The molecule has 0 spiro atoms. The van der Waals surface area contributed by atoms with Crippen LogP contribution in [0.5, 0.6) is 0 Å². The van der Waals surface area contributed by atoms with Crippen LogP contribution in [0.3, 0.4) is 0 Å². The first kappa shape index (κ1) is 59.4. The molecule has 1 aromatic carbocycles. The van der Waals surface area contributed by atoms with Crippen molar-refractivity contribution in [2.75, 3.05) is 31.6 Å². The van der Waals surface area contributed by atoms with Gasteiger partial charge in [0.15, 0.2) is 29.3 Å². The molecule has 0 heterocycles. The van der Waals surface area contributed by atoms with E-state index in [9.17, 15) is 43.5 Å². The number of hydrogen-bond acceptors (Lipinski definition) is 12. The van der Waals surface area contributed by atoms with Crippen molar-refractivity contribution in [3.8, 4) is 0 Å². The van der Waals surface area contributed by atoms with E-state index in [4.69, 9.17) is 34.4 Å². The second kappa shape index (κ2) is 33.0. The summed E-state index contributed by atoms with van der Waals surface area (Å²) in [5.74, 6) is -8.45. The summed E-state index contributed by atoms with van der Waals surface area (Å²) >= 11 is 1.48. The first-order chi connectivity index (χ1) is 31.7. The van der Waals surface area contributed by atoms with Crippen LogP contribution in [0.4, 0.5) is 0 Å². The number of unbranched alkanes of at least 4 members (excludes halogenated alkanes) is 1. The molecule has 0 radical (unpaired) electrons. The van der Waals surface area contributed by atoms with Gasteiger partial charge in [-0.15, -0.1) is 0 Å². The number of nitrogens with zero attached hydrogens (tertiary/aromatic N) is 2. The minimum Gasteiger partial charge on any atom is -0.481 e. The summed E-state index contributed by atoms with van der Waals surface area (Å²) in [5, 5.41) is 17.6. The van der Waals surface area contributed by atoms with Crippen molar-refractivity contribution < 1.29 is 43.5 Å². The standard InChI is InChI=1S/C46H77N11O9S/c1-28(2)22-33(27-39(60)34(15-10-19-53-45(49)50)55-42(64)29(3)23-40(61)62)44(66)56-35(16-11-20-54-46(51)52)37(58)25-31(14-8-9-18-47)43(65)57-36(17-21-67-4)38(59)26-32(41(48)63)24-30-12-6-5-7-13-30/h5-7,12-13,28-29,31-36H,8-11,14-27,47H2,1-4H3,(H2,48,63)(H,55,64)(H,56,66)(H,57,65)(H,61,62)(H4,49,50,53)(H4,51,52,54)/t29-,31+,32+,33+,34-,35-,36-/m0/s1. The molecule has 0 bridgehead atoms. The van der Waals surface area contributed by atoms with Crippen molar-refractivity contribution >= 4 is 70.6 Å². The molecule has 16 N–H and O–H groups in total. The fourth-order valence-corrected chi connectivity index (χ4v) is 7.94. The summed E-state index contributed by atoms with van der Waals surface area (Å²) in [6.07, 6.45) is 3.34. The number of ketones is 3. The average Bonchev–Trinajstić information content (AvgIpc) is 3.25. The van der Waals surface area contributed by atoms with E-state index in [2.05, 4.69) is 25.9 Å². The van der Waals surface area contributed by atoms with Crippen molar-refractivity contribution in [3.63, 3.8) is 0 Å². The lowest BCUT2D eigenvalue weighted by Gasteiger charge is -2.27. The molecule has 1 rings (SSSR count). The van der Waals surface area contributed by atoms with Crippen LogP contribution in [0.25, 0.3) is 0 Å². The molecule has 0 saturated carbocycles. The molecule has 0 aliphatic carbocycles. The molecular weight excluding hydrogens is 883 g/mol. The number of carbonyl (C=O) groups excluding carboxylic acids is 7. The van der Waals surface area contributed by atoms with Gasteiger partial charge in [0.05, 0.1) is 24.5 Å². The zero-order valence-corrected chi connectivity index (χ0v) is 40.5. The number of carbonyl (C=O) groups is 8. The predicted octanol–water partition coefficient (Wildman–Crippen LogP) is 1.04. The van der Waals surface area contributed by atoms with Gasteiger partial charge in [0.25, 0.3) is 0 Å². The number of benzene rings is 1. The first-order valence-electron chi connectivity index (χ1n) is 23.0. The molecule has 0 aromatic heterocycles. The number of guanidine groups is 2. The average molecular weight is 960 g/mol. The summed E-state index contributed by atoms with van der Waals surface area (Å²) in [6.45, 7) is 5.78. The highest BCUT2D eigenvalue weighted by atomic mass is 32.2. The van der Waals surface area contributed by atoms with Crippen molar-refractivity contribution in [2.45, 2.75) is 129 Å². The van der Waals surface area contributed by atoms with E-state index in [1.54, 1.807) is 0 Å². The van der Waals surface area contributed by atoms with Crippen LogP contribution >= 0.6 is 11.8 Å². The minimum atomic E-state index is -1.19. The monoisotopic (exact) mass is 960 g/mol.